The first kappa shape index (κ1) is 25.0. The summed E-state index contributed by atoms with van der Waals surface area (Å²) < 4.78 is 5.94. The van der Waals surface area contributed by atoms with E-state index in [0.29, 0.717) is 25.0 Å². The maximum absolute atomic E-state index is 13.9. The average molecular weight is 475 g/mol. The topological polar surface area (TPSA) is 58.6 Å². The highest BCUT2D eigenvalue weighted by Crippen LogP contribution is 2.48. The largest absolute Gasteiger partial charge is 0.494 e. The average Bonchev–Trinajstić information content (AvgIpc) is 2.96. The van der Waals surface area contributed by atoms with Crippen molar-refractivity contribution in [1.82, 2.24) is 0 Å². The molecule has 0 bridgehead atoms. The van der Waals surface area contributed by atoms with Crippen molar-refractivity contribution in [3.05, 3.63) is 65.4 Å². The monoisotopic (exact) mass is 474 g/mol. The fourth-order valence-corrected chi connectivity index (χ4v) is 5.22. The first-order valence-corrected chi connectivity index (χ1v) is 13.0. The number of nitrogens with zero attached hydrogens (tertiary/aromatic N) is 1. The molecule has 2 aliphatic rings. The zero-order valence-electron chi connectivity index (χ0n) is 21.5. The lowest BCUT2D eigenvalue weighted by Crippen LogP contribution is -2.39. The number of allylic oxidation sites excluding steroid dienone is 1. The molecule has 0 aromatic heterocycles. The zero-order valence-corrected chi connectivity index (χ0v) is 21.5. The highest BCUT2D eigenvalue weighted by Gasteiger charge is 2.43. The Hall–Kier alpha value is -3.08. The molecular weight excluding hydrogens is 436 g/mol. The second-order valence-corrected chi connectivity index (χ2v) is 10.5. The third kappa shape index (κ3) is 5.44. The van der Waals surface area contributed by atoms with E-state index in [4.69, 9.17) is 4.74 Å². The number of Topliss-reactive ketones (excluding diaryl/α,β-unsaturated/α-hetero) is 1. The zero-order chi connectivity index (χ0) is 25.0. The van der Waals surface area contributed by atoms with E-state index in [1.165, 1.54) is 0 Å². The lowest BCUT2D eigenvalue weighted by Gasteiger charge is -2.37. The number of rotatable bonds is 8. The highest BCUT2D eigenvalue weighted by molar-refractivity contribution is 6.06. The molecule has 1 aliphatic heterocycles. The number of ketones is 1. The minimum absolute atomic E-state index is 0.0453. The van der Waals surface area contributed by atoms with Gasteiger partial charge in [-0.1, -0.05) is 64.8 Å². The molecule has 0 saturated carbocycles. The summed E-state index contributed by atoms with van der Waals surface area (Å²) in [7, 11) is 0. The smallest absolute Gasteiger partial charge is 0.227 e. The van der Waals surface area contributed by atoms with Crippen molar-refractivity contribution in [2.24, 2.45) is 5.41 Å². The third-order valence-electron chi connectivity index (χ3n) is 6.81. The summed E-state index contributed by atoms with van der Waals surface area (Å²) in [6, 6.07) is 15.3. The number of hydrogen-bond acceptors (Lipinski definition) is 4. The van der Waals surface area contributed by atoms with Crippen LogP contribution in [-0.2, 0) is 9.59 Å². The van der Waals surface area contributed by atoms with Gasteiger partial charge in [-0.15, -0.1) is 0 Å². The van der Waals surface area contributed by atoms with Crippen LogP contribution in [0.4, 0.5) is 11.4 Å². The molecule has 2 aromatic carbocycles. The molecule has 1 heterocycles. The second kappa shape index (κ2) is 10.7. The standard InChI is InChI=1S/C30H38N2O3/c1-5-7-8-16-27(34)32-25-15-10-9-14-23(25)31-24-19-30(3,4)20-26(33)28(24)29(32)21-12-11-13-22(18-21)35-17-6-2/h9-15,18,29,31H,5-8,16-17,19-20H2,1-4H3/t29-/m1/s1. The lowest BCUT2D eigenvalue weighted by molar-refractivity contribution is -0.119. The number of hydrogen-bond donors (Lipinski definition) is 1. The number of unbranched alkanes of at least 4 members (excludes halogenated alkanes) is 2. The van der Waals surface area contributed by atoms with Crippen LogP contribution in [0.2, 0.25) is 0 Å². The Bertz CT molecular complexity index is 1120. The molecule has 4 rings (SSSR count). The molecule has 0 unspecified atom stereocenters. The van der Waals surface area contributed by atoms with Crippen LogP contribution < -0.4 is 15.0 Å². The van der Waals surface area contributed by atoms with Gasteiger partial charge < -0.3 is 10.1 Å². The van der Waals surface area contributed by atoms with E-state index in [0.717, 1.165) is 60.5 Å². The maximum atomic E-state index is 13.9. The van der Waals surface area contributed by atoms with Crippen LogP contribution in [0.3, 0.4) is 0 Å². The number of amides is 1. The van der Waals surface area contributed by atoms with Gasteiger partial charge in [-0.05, 0) is 54.5 Å². The molecule has 0 saturated heterocycles. The van der Waals surface area contributed by atoms with Crippen molar-refractivity contribution in [2.45, 2.75) is 78.7 Å². The van der Waals surface area contributed by atoms with Gasteiger partial charge in [0, 0.05) is 24.1 Å². The third-order valence-corrected chi connectivity index (χ3v) is 6.81. The van der Waals surface area contributed by atoms with Crippen molar-refractivity contribution >= 4 is 23.1 Å². The predicted molar refractivity (Wildman–Crippen MR) is 142 cm³/mol. The number of carbonyl (C=O) groups is 2. The number of nitrogens with one attached hydrogen (secondary N) is 1. The van der Waals surface area contributed by atoms with Crippen molar-refractivity contribution in [2.75, 3.05) is 16.8 Å². The van der Waals surface area contributed by atoms with Gasteiger partial charge in [-0.3, -0.25) is 14.5 Å². The molecule has 1 amide bonds. The fourth-order valence-electron chi connectivity index (χ4n) is 5.22. The van der Waals surface area contributed by atoms with Crippen LogP contribution in [0, 0.1) is 5.41 Å². The van der Waals surface area contributed by atoms with E-state index < -0.39 is 6.04 Å². The lowest BCUT2D eigenvalue weighted by atomic mass is 9.73. The van der Waals surface area contributed by atoms with Crippen molar-refractivity contribution in [3.8, 4) is 5.75 Å². The number of ether oxygens (including phenoxy) is 1. The summed E-state index contributed by atoms with van der Waals surface area (Å²) in [4.78, 5) is 29.5. The van der Waals surface area contributed by atoms with Crippen molar-refractivity contribution in [3.63, 3.8) is 0 Å². The van der Waals surface area contributed by atoms with Gasteiger partial charge in [0.05, 0.1) is 24.0 Å². The van der Waals surface area contributed by atoms with Gasteiger partial charge in [0.25, 0.3) is 0 Å². The van der Waals surface area contributed by atoms with Gasteiger partial charge >= 0.3 is 0 Å². The Balaban J connectivity index is 1.90. The van der Waals surface area contributed by atoms with Gasteiger partial charge in [0.15, 0.2) is 5.78 Å². The molecule has 0 spiro atoms. The molecule has 5 heteroatoms. The Morgan fingerprint density at radius 3 is 2.63 bits per heavy atom. The van der Waals surface area contributed by atoms with E-state index in [2.05, 4.69) is 33.0 Å². The summed E-state index contributed by atoms with van der Waals surface area (Å²) in [5.41, 5.74) is 4.08. The molecule has 1 aliphatic carbocycles. The minimum atomic E-state index is -0.496. The molecule has 1 N–H and O–H groups in total. The summed E-state index contributed by atoms with van der Waals surface area (Å²) in [5, 5.41) is 3.58. The first-order chi connectivity index (χ1) is 16.8. The van der Waals surface area contributed by atoms with E-state index in [1.54, 1.807) is 0 Å². The summed E-state index contributed by atoms with van der Waals surface area (Å²) >= 11 is 0. The first-order valence-electron chi connectivity index (χ1n) is 13.0. The van der Waals surface area contributed by atoms with Gasteiger partial charge in [-0.2, -0.15) is 0 Å². The molecule has 2 aromatic rings. The van der Waals surface area contributed by atoms with Gasteiger partial charge in [0.1, 0.15) is 5.75 Å². The van der Waals surface area contributed by atoms with Gasteiger partial charge in [0.2, 0.25) is 5.91 Å². The van der Waals surface area contributed by atoms with Gasteiger partial charge in [-0.25, -0.2) is 0 Å². The summed E-state index contributed by atoms with van der Waals surface area (Å²) in [6.07, 6.45) is 5.47. The van der Waals surface area contributed by atoms with Crippen molar-refractivity contribution < 1.29 is 14.3 Å². The molecule has 1 atom stereocenters. The Morgan fingerprint density at radius 2 is 1.86 bits per heavy atom. The van der Waals surface area contributed by atoms with Crippen LogP contribution in [0.15, 0.2) is 59.8 Å². The van der Waals surface area contributed by atoms with E-state index in [9.17, 15) is 9.59 Å². The Kier molecular flexibility index (Phi) is 7.63. The number of anilines is 2. The fraction of sp³-hybridized carbons (Fsp3) is 0.467. The Labute approximate surface area is 209 Å². The normalized spacial score (nSPS) is 18.9. The Morgan fingerprint density at radius 1 is 1.06 bits per heavy atom. The minimum Gasteiger partial charge on any atom is -0.494 e. The number of carbonyl (C=O) groups excluding carboxylic acids is 2. The predicted octanol–water partition coefficient (Wildman–Crippen LogP) is 7.20. The van der Waals surface area contributed by atoms with Crippen LogP contribution >= 0.6 is 0 Å². The number of para-hydroxylation sites is 2. The molecule has 5 nitrogen and oxygen atoms in total. The second-order valence-electron chi connectivity index (χ2n) is 10.5. The summed E-state index contributed by atoms with van der Waals surface area (Å²) in [6.45, 7) is 9.11. The molecular formula is C30H38N2O3. The van der Waals surface area contributed by atoms with Crippen LogP contribution in [0.5, 0.6) is 5.75 Å². The SMILES string of the molecule is CCCCCC(=O)N1c2ccccc2NC2=C(C(=O)CC(C)(C)C2)[C@H]1c1cccc(OCCC)c1. The number of benzene rings is 2. The quantitative estimate of drug-likeness (QED) is 0.411. The van der Waals surface area contributed by atoms with Crippen molar-refractivity contribution in [1.29, 1.82) is 0 Å². The van der Waals surface area contributed by atoms with Crippen LogP contribution in [0.1, 0.15) is 84.2 Å². The molecule has 0 radical (unpaired) electrons. The number of fused-ring (bicyclic) bond motifs is 1. The molecule has 0 fully saturated rings. The maximum Gasteiger partial charge on any atom is 0.227 e. The molecule has 35 heavy (non-hydrogen) atoms. The van der Waals surface area contributed by atoms with E-state index in [-0.39, 0.29) is 17.1 Å². The van der Waals surface area contributed by atoms with Crippen LogP contribution in [-0.4, -0.2) is 18.3 Å². The van der Waals surface area contributed by atoms with Crippen LogP contribution in [0.25, 0.3) is 0 Å². The summed E-state index contributed by atoms with van der Waals surface area (Å²) in [5.74, 6) is 0.913. The molecule has 186 valence electrons. The van der Waals surface area contributed by atoms with E-state index >= 15 is 0 Å². The van der Waals surface area contributed by atoms with E-state index in [1.807, 2.05) is 53.4 Å². The highest BCUT2D eigenvalue weighted by atomic mass is 16.5.